The van der Waals surface area contributed by atoms with Crippen LogP contribution in [0.5, 0.6) is 0 Å². The normalized spacial score (nSPS) is 16.3. The molecule has 186 valence electrons. The molecule has 1 aliphatic heterocycles. The lowest BCUT2D eigenvalue weighted by Gasteiger charge is -2.22. The molecule has 1 atom stereocenters. The summed E-state index contributed by atoms with van der Waals surface area (Å²) in [6.45, 7) is 2.46. The third-order valence-electron chi connectivity index (χ3n) is 6.23. The number of hydrogen-bond donors (Lipinski definition) is 1. The average Bonchev–Trinajstić information content (AvgIpc) is 3.66. The fourth-order valence-electron chi connectivity index (χ4n) is 4.48. The summed E-state index contributed by atoms with van der Waals surface area (Å²) in [7, 11) is -3.69. The molecule has 6 nitrogen and oxygen atoms in total. The summed E-state index contributed by atoms with van der Waals surface area (Å²) in [5.74, 6) is -0.324. The van der Waals surface area contributed by atoms with Crippen molar-refractivity contribution in [2.75, 3.05) is 11.9 Å². The van der Waals surface area contributed by atoms with Crippen LogP contribution in [-0.4, -0.2) is 36.2 Å². The predicted molar refractivity (Wildman–Crippen MR) is 147 cm³/mol. The molecule has 0 saturated carbocycles. The Morgan fingerprint density at radius 3 is 2.44 bits per heavy atom. The second-order valence-electron chi connectivity index (χ2n) is 8.68. The first kappa shape index (κ1) is 24.8. The smallest absolute Gasteiger partial charge is 0.253 e. The summed E-state index contributed by atoms with van der Waals surface area (Å²) in [4.78, 5) is 19.1. The molecule has 2 aromatic heterocycles. The third-order valence-corrected chi connectivity index (χ3v) is 10.5. The molecule has 0 aliphatic carbocycles. The van der Waals surface area contributed by atoms with Gasteiger partial charge in [-0.05, 0) is 41.8 Å². The number of sulfonamides is 1. The Kier molecular flexibility index (Phi) is 7.34. The van der Waals surface area contributed by atoms with E-state index < -0.39 is 16.1 Å². The minimum Gasteiger partial charge on any atom is -0.301 e. The van der Waals surface area contributed by atoms with Crippen LogP contribution in [0.3, 0.4) is 0 Å². The van der Waals surface area contributed by atoms with Crippen molar-refractivity contribution in [3.63, 3.8) is 0 Å². The molecule has 3 heterocycles. The highest BCUT2D eigenvalue weighted by Gasteiger charge is 2.40. The number of nitrogens with one attached hydrogen (secondary N) is 1. The third kappa shape index (κ3) is 5.01. The maximum Gasteiger partial charge on any atom is 0.253 e. The molecule has 4 aromatic rings. The van der Waals surface area contributed by atoms with E-state index in [0.717, 1.165) is 40.1 Å². The molecule has 1 amide bonds. The summed E-state index contributed by atoms with van der Waals surface area (Å²) in [6.07, 6.45) is 2.96. The van der Waals surface area contributed by atoms with Gasteiger partial charge in [-0.1, -0.05) is 74.0 Å². The van der Waals surface area contributed by atoms with Gasteiger partial charge < -0.3 is 5.32 Å². The zero-order valence-electron chi connectivity index (χ0n) is 19.9. The van der Waals surface area contributed by atoms with Crippen LogP contribution in [0.25, 0.3) is 22.4 Å². The van der Waals surface area contributed by atoms with Gasteiger partial charge in [0.05, 0.1) is 5.69 Å². The lowest BCUT2D eigenvalue weighted by molar-refractivity contribution is -0.119. The highest BCUT2D eigenvalue weighted by Crippen LogP contribution is 2.35. The number of benzene rings is 2. The van der Waals surface area contributed by atoms with Crippen molar-refractivity contribution in [2.45, 2.75) is 42.9 Å². The molecule has 0 radical (unpaired) electrons. The Morgan fingerprint density at radius 1 is 1.03 bits per heavy atom. The highest BCUT2D eigenvalue weighted by atomic mass is 32.2. The molecule has 1 saturated heterocycles. The monoisotopic (exact) mass is 537 g/mol. The van der Waals surface area contributed by atoms with E-state index in [1.807, 2.05) is 18.2 Å². The van der Waals surface area contributed by atoms with Crippen molar-refractivity contribution in [3.05, 3.63) is 77.0 Å². The number of nitrogens with zero attached hydrogens (tertiary/aromatic N) is 2. The molecule has 5 rings (SSSR count). The van der Waals surface area contributed by atoms with E-state index in [4.69, 9.17) is 4.98 Å². The molecule has 0 bridgehead atoms. The van der Waals surface area contributed by atoms with Crippen molar-refractivity contribution in [2.24, 2.45) is 0 Å². The van der Waals surface area contributed by atoms with E-state index in [1.54, 1.807) is 17.5 Å². The standard InChI is InChI=1S/C27H27N3O3S3/c1-2-8-23-25(21-15-13-20(14-16-21)19-9-4-3-5-10-19)28-27(35-23)29-26(31)22-11-6-17-30(22)36(32,33)24-12-7-18-34-24/h3-5,7,9-10,12-16,18,22H,2,6,8,11,17H2,1H3,(H,28,29,31). The van der Waals surface area contributed by atoms with E-state index in [-0.39, 0.29) is 10.1 Å². The second kappa shape index (κ2) is 10.6. The van der Waals surface area contributed by atoms with Crippen molar-refractivity contribution in [1.29, 1.82) is 0 Å². The predicted octanol–water partition coefficient (Wildman–Crippen LogP) is 6.28. The maximum absolute atomic E-state index is 13.2. The van der Waals surface area contributed by atoms with Gasteiger partial charge in [0.15, 0.2) is 5.13 Å². The lowest BCUT2D eigenvalue weighted by atomic mass is 10.0. The fourth-order valence-corrected chi connectivity index (χ4v) is 8.35. The average molecular weight is 538 g/mol. The van der Waals surface area contributed by atoms with Crippen molar-refractivity contribution < 1.29 is 13.2 Å². The van der Waals surface area contributed by atoms with Crippen LogP contribution in [0.2, 0.25) is 0 Å². The van der Waals surface area contributed by atoms with Gasteiger partial charge in [-0.15, -0.1) is 22.7 Å². The Bertz CT molecular complexity index is 1430. The molecule has 0 spiro atoms. The number of rotatable bonds is 8. The number of carbonyl (C=O) groups is 1. The van der Waals surface area contributed by atoms with E-state index in [9.17, 15) is 13.2 Å². The first-order chi connectivity index (χ1) is 17.5. The van der Waals surface area contributed by atoms with Gasteiger partial charge in [0.25, 0.3) is 10.0 Å². The summed E-state index contributed by atoms with van der Waals surface area (Å²) in [5, 5.41) is 5.16. The van der Waals surface area contributed by atoms with Gasteiger partial charge in [0, 0.05) is 17.0 Å². The first-order valence-corrected chi connectivity index (χ1v) is 15.1. The zero-order chi connectivity index (χ0) is 25.1. The van der Waals surface area contributed by atoms with Crippen LogP contribution in [0.15, 0.2) is 76.3 Å². The van der Waals surface area contributed by atoms with Crippen LogP contribution in [-0.2, 0) is 21.2 Å². The molecule has 1 unspecified atom stereocenters. The van der Waals surface area contributed by atoms with Crippen LogP contribution in [0, 0.1) is 0 Å². The van der Waals surface area contributed by atoms with Crippen LogP contribution in [0.1, 0.15) is 31.1 Å². The minimum absolute atomic E-state index is 0.267. The Balaban J connectivity index is 1.37. The highest BCUT2D eigenvalue weighted by molar-refractivity contribution is 7.91. The summed E-state index contributed by atoms with van der Waals surface area (Å²) < 4.78 is 27.7. The Hall–Kier alpha value is -2.85. The topological polar surface area (TPSA) is 79.4 Å². The number of thiophene rings is 1. The number of thiazole rings is 1. The van der Waals surface area contributed by atoms with Gasteiger partial charge in [-0.3, -0.25) is 4.79 Å². The molecule has 9 heteroatoms. The molecule has 1 fully saturated rings. The number of amides is 1. The van der Waals surface area contributed by atoms with Crippen molar-refractivity contribution in [1.82, 2.24) is 9.29 Å². The lowest BCUT2D eigenvalue weighted by Crippen LogP contribution is -2.42. The van der Waals surface area contributed by atoms with E-state index in [2.05, 4.69) is 48.6 Å². The van der Waals surface area contributed by atoms with E-state index in [1.165, 1.54) is 27.0 Å². The van der Waals surface area contributed by atoms with Gasteiger partial charge in [-0.2, -0.15) is 4.31 Å². The minimum atomic E-state index is -3.69. The quantitative estimate of drug-likeness (QED) is 0.287. The molecular formula is C27H27N3O3S3. The number of carbonyl (C=O) groups excluding carboxylic acids is 1. The largest absolute Gasteiger partial charge is 0.301 e. The summed E-state index contributed by atoms with van der Waals surface area (Å²) >= 11 is 2.63. The van der Waals surface area contributed by atoms with Gasteiger partial charge in [0.1, 0.15) is 10.3 Å². The van der Waals surface area contributed by atoms with E-state index >= 15 is 0 Å². The number of aromatic nitrogens is 1. The maximum atomic E-state index is 13.2. The molecule has 2 aromatic carbocycles. The van der Waals surface area contributed by atoms with Crippen molar-refractivity contribution in [3.8, 4) is 22.4 Å². The van der Waals surface area contributed by atoms with Gasteiger partial charge in [0.2, 0.25) is 5.91 Å². The Morgan fingerprint density at radius 2 is 1.75 bits per heavy atom. The van der Waals surface area contributed by atoms with E-state index in [0.29, 0.717) is 24.5 Å². The van der Waals surface area contributed by atoms with Crippen LogP contribution >= 0.6 is 22.7 Å². The molecule has 36 heavy (non-hydrogen) atoms. The zero-order valence-corrected chi connectivity index (χ0v) is 22.3. The van der Waals surface area contributed by atoms with Crippen LogP contribution < -0.4 is 5.32 Å². The molecule has 1 aliphatic rings. The van der Waals surface area contributed by atoms with Gasteiger partial charge in [-0.25, -0.2) is 13.4 Å². The van der Waals surface area contributed by atoms with Crippen molar-refractivity contribution >= 4 is 43.7 Å². The first-order valence-electron chi connectivity index (χ1n) is 12.0. The number of anilines is 1. The molecular weight excluding hydrogens is 511 g/mol. The number of hydrogen-bond acceptors (Lipinski definition) is 6. The SMILES string of the molecule is CCCc1sc(NC(=O)C2CCCN2S(=O)(=O)c2cccs2)nc1-c1ccc(-c2ccccc2)cc1. The second-order valence-corrected chi connectivity index (χ2v) is 12.8. The summed E-state index contributed by atoms with van der Waals surface area (Å²) in [5.41, 5.74) is 4.15. The number of aryl methyl sites for hydroxylation is 1. The fraction of sp³-hybridized carbons (Fsp3) is 0.259. The van der Waals surface area contributed by atoms with Crippen LogP contribution in [0.4, 0.5) is 5.13 Å². The Labute approximate surface area is 219 Å². The molecule has 1 N–H and O–H groups in total. The van der Waals surface area contributed by atoms with Gasteiger partial charge >= 0.3 is 0 Å². The summed E-state index contributed by atoms with van der Waals surface area (Å²) in [6, 6.07) is 21.1.